The summed E-state index contributed by atoms with van der Waals surface area (Å²) in [4.78, 5) is 16.8. The molecule has 26 heavy (non-hydrogen) atoms. The van der Waals surface area contributed by atoms with Crippen LogP contribution in [0.3, 0.4) is 0 Å². The van der Waals surface area contributed by atoms with E-state index in [0.717, 1.165) is 5.56 Å². The summed E-state index contributed by atoms with van der Waals surface area (Å²) in [6.45, 7) is 2.23. The van der Waals surface area contributed by atoms with Gasteiger partial charge in [-0.05, 0) is 52.7 Å². The van der Waals surface area contributed by atoms with Crippen LogP contribution in [-0.4, -0.2) is 24.5 Å². The van der Waals surface area contributed by atoms with Crippen LogP contribution in [0.5, 0.6) is 0 Å². The molecule has 3 rings (SSSR count). The van der Waals surface area contributed by atoms with Gasteiger partial charge in [-0.1, -0.05) is 34.8 Å². The normalized spacial score (nSPS) is 14.2. The SMILES string of the molecule is CNC(=O)c1cc(Cl)cc(C)c1N1C(Br)=C(Cl)CN1c1ncccc1Cl. The summed E-state index contributed by atoms with van der Waals surface area (Å²) in [5, 5.41) is 7.73. The summed E-state index contributed by atoms with van der Waals surface area (Å²) in [5.74, 6) is 0.264. The fourth-order valence-electron chi connectivity index (χ4n) is 2.77. The van der Waals surface area contributed by atoms with E-state index in [9.17, 15) is 4.79 Å². The largest absolute Gasteiger partial charge is 0.355 e. The molecule has 1 N–H and O–H groups in total. The Kier molecular flexibility index (Phi) is 5.67. The Hall–Kier alpha value is -1.47. The lowest BCUT2D eigenvalue weighted by Crippen LogP contribution is -2.39. The monoisotopic (exact) mass is 474 g/mol. The van der Waals surface area contributed by atoms with Gasteiger partial charge in [-0.3, -0.25) is 9.80 Å². The van der Waals surface area contributed by atoms with Gasteiger partial charge in [0.2, 0.25) is 0 Å². The molecule has 1 amide bonds. The number of hydrogen-bond acceptors (Lipinski definition) is 4. The number of anilines is 2. The van der Waals surface area contributed by atoms with E-state index in [-0.39, 0.29) is 5.91 Å². The Bertz CT molecular complexity index is 919. The first-order chi connectivity index (χ1) is 12.3. The van der Waals surface area contributed by atoms with Gasteiger partial charge in [-0.15, -0.1) is 0 Å². The van der Waals surface area contributed by atoms with Crippen LogP contribution in [0, 0.1) is 6.92 Å². The molecule has 0 atom stereocenters. The molecule has 1 aromatic carbocycles. The molecule has 0 spiro atoms. The van der Waals surface area contributed by atoms with Crippen molar-refractivity contribution < 1.29 is 4.79 Å². The summed E-state index contributed by atoms with van der Waals surface area (Å²) in [6, 6.07) is 6.90. The molecule has 0 saturated heterocycles. The number of aromatic nitrogens is 1. The van der Waals surface area contributed by atoms with E-state index in [2.05, 4.69) is 26.2 Å². The highest BCUT2D eigenvalue weighted by Crippen LogP contribution is 2.42. The van der Waals surface area contributed by atoms with Crippen LogP contribution in [0.2, 0.25) is 10.0 Å². The van der Waals surface area contributed by atoms with Gasteiger partial charge in [0.15, 0.2) is 5.82 Å². The van der Waals surface area contributed by atoms with E-state index in [1.165, 1.54) is 0 Å². The number of benzene rings is 1. The van der Waals surface area contributed by atoms with Gasteiger partial charge in [0.1, 0.15) is 4.61 Å². The lowest BCUT2D eigenvalue weighted by Gasteiger charge is -2.34. The standard InChI is InChI=1S/C17H14BrCl3N4O/c1-9-6-10(19)7-11(17(26)22-2)14(9)25-15(18)13(21)8-24(25)16-12(20)4-3-5-23-16/h3-7H,8H2,1-2H3,(H,22,26). The first-order valence-electron chi connectivity index (χ1n) is 7.59. The van der Waals surface area contributed by atoms with Crippen LogP contribution in [0.4, 0.5) is 11.5 Å². The van der Waals surface area contributed by atoms with Gasteiger partial charge >= 0.3 is 0 Å². The maximum Gasteiger partial charge on any atom is 0.253 e. The minimum atomic E-state index is -0.263. The van der Waals surface area contributed by atoms with Gasteiger partial charge in [0.05, 0.1) is 27.9 Å². The Labute approximate surface area is 174 Å². The fourth-order valence-corrected chi connectivity index (χ4v) is 3.95. The molecule has 2 heterocycles. The van der Waals surface area contributed by atoms with E-state index in [4.69, 9.17) is 34.8 Å². The van der Waals surface area contributed by atoms with Gasteiger partial charge in [-0.2, -0.15) is 0 Å². The van der Waals surface area contributed by atoms with Crippen LogP contribution in [0.15, 0.2) is 40.1 Å². The first kappa shape index (κ1) is 19.3. The van der Waals surface area contributed by atoms with Crippen LogP contribution < -0.4 is 15.3 Å². The number of nitrogens with zero attached hydrogens (tertiary/aromatic N) is 3. The van der Waals surface area contributed by atoms with E-state index in [0.29, 0.717) is 43.3 Å². The minimum Gasteiger partial charge on any atom is -0.355 e. The minimum absolute atomic E-state index is 0.263. The average molecular weight is 477 g/mol. The molecule has 0 bridgehead atoms. The van der Waals surface area contributed by atoms with Gasteiger partial charge in [0.25, 0.3) is 5.91 Å². The Morgan fingerprint density at radius 2 is 2.04 bits per heavy atom. The molecule has 0 saturated carbocycles. The fraction of sp³-hybridized carbons (Fsp3) is 0.176. The molecule has 0 fully saturated rings. The maximum atomic E-state index is 12.5. The van der Waals surface area contributed by atoms with Crippen molar-refractivity contribution in [3.05, 3.63) is 61.3 Å². The number of rotatable bonds is 3. The molecule has 9 heteroatoms. The zero-order valence-corrected chi connectivity index (χ0v) is 17.7. The highest BCUT2D eigenvalue weighted by atomic mass is 79.9. The Balaban J connectivity index is 2.23. The van der Waals surface area contributed by atoms with Gasteiger partial charge in [0, 0.05) is 18.3 Å². The van der Waals surface area contributed by atoms with Crippen molar-refractivity contribution in [1.82, 2.24) is 10.3 Å². The number of carbonyl (C=O) groups is 1. The number of hydrazine groups is 1. The summed E-state index contributed by atoms with van der Waals surface area (Å²) in [6.07, 6.45) is 1.65. The molecule has 1 aromatic heterocycles. The predicted octanol–water partition coefficient (Wildman–Crippen LogP) is 5.10. The Morgan fingerprint density at radius 3 is 2.69 bits per heavy atom. The molecule has 0 unspecified atom stereocenters. The predicted molar refractivity (Wildman–Crippen MR) is 110 cm³/mol. The van der Waals surface area contributed by atoms with E-state index < -0.39 is 0 Å². The molecular formula is C17H14BrCl3N4O. The summed E-state index contributed by atoms with van der Waals surface area (Å²) in [5.41, 5.74) is 1.85. The van der Waals surface area contributed by atoms with Crippen molar-refractivity contribution in [3.63, 3.8) is 0 Å². The zero-order chi connectivity index (χ0) is 19.0. The van der Waals surface area contributed by atoms with E-state index in [1.54, 1.807) is 47.5 Å². The molecule has 1 aliphatic heterocycles. The molecule has 2 aromatic rings. The van der Waals surface area contributed by atoms with Crippen LogP contribution in [0.25, 0.3) is 0 Å². The number of hydrogen-bond donors (Lipinski definition) is 1. The lowest BCUT2D eigenvalue weighted by atomic mass is 10.1. The van der Waals surface area contributed by atoms with Gasteiger partial charge in [-0.25, -0.2) is 9.99 Å². The highest BCUT2D eigenvalue weighted by molar-refractivity contribution is 9.11. The number of halogens is 4. The van der Waals surface area contributed by atoms with E-state index >= 15 is 0 Å². The second kappa shape index (κ2) is 7.64. The molecule has 136 valence electrons. The topological polar surface area (TPSA) is 48.5 Å². The molecule has 1 aliphatic rings. The van der Waals surface area contributed by atoms with E-state index in [1.807, 2.05) is 6.92 Å². The third-order valence-electron chi connectivity index (χ3n) is 3.87. The maximum absolute atomic E-state index is 12.5. The van der Waals surface area contributed by atoms with Crippen LogP contribution in [-0.2, 0) is 0 Å². The quantitative estimate of drug-likeness (QED) is 0.626. The van der Waals surface area contributed by atoms with Crippen molar-refractivity contribution >= 4 is 68.1 Å². The molecule has 0 radical (unpaired) electrons. The summed E-state index contributed by atoms with van der Waals surface area (Å²) in [7, 11) is 1.57. The second-order valence-corrected chi connectivity index (χ2v) is 7.62. The van der Waals surface area contributed by atoms with Crippen molar-refractivity contribution in [1.29, 1.82) is 0 Å². The van der Waals surface area contributed by atoms with Crippen LogP contribution >= 0.6 is 50.7 Å². The average Bonchev–Trinajstić information content (AvgIpc) is 2.89. The van der Waals surface area contributed by atoms with Crippen molar-refractivity contribution in [3.8, 4) is 0 Å². The van der Waals surface area contributed by atoms with Crippen molar-refractivity contribution in [2.75, 3.05) is 23.6 Å². The molecule has 0 aliphatic carbocycles. The summed E-state index contributed by atoms with van der Waals surface area (Å²) >= 11 is 22.4. The number of amides is 1. The van der Waals surface area contributed by atoms with Crippen molar-refractivity contribution in [2.24, 2.45) is 0 Å². The van der Waals surface area contributed by atoms with Gasteiger partial charge < -0.3 is 5.32 Å². The molecular weight excluding hydrogens is 462 g/mol. The van der Waals surface area contributed by atoms with Crippen molar-refractivity contribution in [2.45, 2.75) is 6.92 Å². The number of aryl methyl sites for hydroxylation is 1. The van der Waals surface area contributed by atoms with Crippen LogP contribution in [0.1, 0.15) is 15.9 Å². The second-order valence-electron chi connectivity index (χ2n) is 5.57. The third-order valence-corrected chi connectivity index (χ3v) is 5.73. The first-order valence-corrected chi connectivity index (χ1v) is 9.52. The Morgan fingerprint density at radius 1 is 1.31 bits per heavy atom. The smallest absolute Gasteiger partial charge is 0.253 e. The lowest BCUT2D eigenvalue weighted by molar-refractivity contribution is 0.0963. The third kappa shape index (κ3) is 3.39. The summed E-state index contributed by atoms with van der Waals surface area (Å²) < 4.78 is 0.608. The number of nitrogens with one attached hydrogen (secondary N) is 1. The molecule has 5 nitrogen and oxygen atoms in total. The number of pyridine rings is 1. The zero-order valence-electron chi connectivity index (χ0n) is 13.9. The highest BCUT2D eigenvalue weighted by Gasteiger charge is 2.34. The number of carbonyl (C=O) groups excluding carboxylic acids is 1.